The van der Waals surface area contributed by atoms with Crippen LogP contribution in [0.3, 0.4) is 0 Å². The highest BCUT2D eigenvalue weighted by atomic mass is 19.1. The van der Waals surface area contributed by atoms with Crippen LogP contribution in [0.4, 0.5) is 16.0 Å². The van der Waals surface area contributed by atoms with Crippen LogP contribution < -0.4 is 15.4 Å². The number of nitrogens with zero attached hydrogens (tertiary/aromatic N) is 2. The van der Waals surface area contributed by atoms with E-state index in [2.05, 4.69) is 20.6 Å². The summed E-state index contributed by atoms with van der Waals surface area (Å²) in [5.74, 6) is 0.770. The van der Waals surface area contributed by atoms with Gasteiger partial charge < -0.3 is 15.4 Å². The Hall–Kier alpha value is -2.21. The minimum absolute atomic E-state index is 0.273. The summed E-state index contributed by atoms with van der Waals surface area (Å²) < 4.78 is 18.2. The second kappa shape index (κ2) is 5.42. The molecule has 3 rings (SSSR count). The predicted octanol–water partition coefficient (Wildman–Crippen LogP) is 2.01. The number of aromatic nitrogens is 2. The molecule has 0 bridgehead atoms. The number of halogens is 1. The first-order valence-corrected chi connectivity index (χ1v) is 6.43. The molecule has 0 fully saturated rings. The summed E-state index contributed by atoms with van der Waals surface area (Å²) >= 11 is 0. The van der Waals surface area contributed by atoms with E-state index in [1.165, 1.54) is 12.1 Å². The minimum atomic E-state index is -0.273. The largest absolute Gasteiger partial charge is 0.481 e. The third kappa shape index (κ3) is 2.55. The Morgan fingerprint density at radius 1 is 1.25 bits per heavy atom. The van der Waals surface area contributed by atoms with E-state index < -0.39 is 0 Å². The second-order valence-electron chi connectivity index (χ2n) is 4.54. The quantitative estimate of drug-likeness (QED) is 0.896. The first kappa shape index (κ1) is 12.8. The lowest BCUT2D eigenvalue weighted by Gasteiger charge is -2.19. The van der Waals surface area contributed by atoms with Crippen molar-refractivity contribution in [1.82, 2.24) is 15.3 Å². The summed E-state index contributed by atoms with van der Waals surface area (Å²) in [6.45, 7) is 1.61. The van der Waals surface area contributed by atoms with Gasteiger partial charge in [0.25, 0.3) is 0 Å². The van der Waals surface area contributed by atoms with Crippen molar-refractivity contribution >= 4 is 11.6 Å². The summed E-state index contributed by atoms with van der Waals surface area (Å²) in [5.41, 5.74) is 2.73. The number of anilines is 2. The lowest BCUT2D eigenvalue weighted by atomic mass is 10.1. The molecule has 0 saturated carbocycles. The first-order chi connectivity index (χ1) is 9.76. The summed E-state index contributed by atoms with van der Waals surface area (Å²) in [7, 11) is 1.60. The average molecular weight is 274 g/mol. The number of rotatable bonds is 3. The van der Waals surface area contributed by atoms with E-state index in [1.54, 1.807) is 19.2 Å². The van der Waals surface area contributed by atoms with E-state index in [-0.39, 0.29) is 5.82 Å². The van der Waals surface area contributed by atoms with E-state index >= 15 is 0 Å². The number of fused-ring (bicyclic) bond motifs is 1. The number of ether oxygens (including phenoxy) is 1. The Morgan fingerprint density at radius 2 is 2.05 bits per heavy atom. The highest BCUT2D eigenvalue weighted by Crippen LogP contribution is 2.24. The van der Waals surface area contributed by atoms with Gasteiger partial charge in [0.15, 0.2) is 0 Å². The van der Waals surface area contributed by atoms with E-state index in [0.717, 1.165) is 36.5 Å². The molecule has 0 radical (unpaired) electrons. The number of methoxy groups -OCH3 is 1. The molecule has 1 aromatic heterocycles. The molecule has 5 nitrogen and oxygen atoms in total. The van der Waals surface area contributed by atoms with Gasteiger partial charge in [0.05, 0.1) is 12.8 Å². The third-order valence-electron chi connectivity index (χ3n) is 3.19. The molecule has 2 heterocycles. The molecule has 104 valence electrons. The molecular weight excluding hydrogens is 259 g/mol. The zero-order valence-electron chi connectivity index (χ0n) is 11.1. The fourth-order valence-corrected chi connectivity index (χ4v) is 2.20. The zero-order chi connectivity index (χ0) is 13.9. The number of hydrogen-bond donors (Lipinski definition) is 2. The van der Waals surface area contributed by atoms with Crippen molar-refractivity contribution in [3.8, 4) is 5.88 Å². The highest BCUT2D eigenvalue weighted by Gasteiger charge is 2.18. The van der Waals surface area contributed by atoms with Crippen molar-refractivity contribution in [3.63, 3.8) is 0 Å². The van der Waals surface area contributed by atoms with Crippen molar-refractivity contribution in [3.05, 3.63) is 41.3 Å². The Morgan fingerprint density at radius 3 is 2.80 bits per heavy atom. The highest BCUT2D eigenvalue weighted by molar-refractivity contribution is 5.54. The second-order valence-corrected chi connectivity index (χ2v) is 4.54. The van der Waals surface area contributed by atoms with E-state index in [1.807, 2.05) is 0 Å². The van der Waals surface area contributed by atoms with Gasteiger partial charge in [0.1, 0.15) is 5.82 Å². The van der Waals surface area contributed by atoms with Crippen LogP contribution in [-0.4, -0.2) is 23.6 Å². The topological polar surface area (TPSA) is 59.1 Å². The van der Waals surface area contributed by atoms with Gasteiger partial charge >= 0.3 is 0 Å². The fourth-order valence-electron chi connectivity index (χ4n) is 2.20. The van der Waals surface area contributed by atoms with E-state index in [0.29, 0.717) is 11.8 Å². The third-order valence-corrected chi connectivity index (χ3v) is 3.19. The number of benzene rings is 1. The van der Waals surface area contributed by atoms with Gasteiger partial charge in [0, 0.05) is 30.8 Å². The van der Waals surface area contributed by atoms with Gasteiger partial charge in [-0.1, -0.05) is 0 Å². The Kier molecular flexibility index (Phi) is 3.47. The lowest BCUT2D eigenvalue weighted by molar-refractivity contribution is 0.386. The van der Waals surface area contributed by atoms with Crippen molar-refractivity contribution < 1.29 is 9.13 Å². The van der Waals surface area contributed by atoms with Crippen molar-refractivity contribution in [2.45, 2.75) is 13.0 Å². The zero-order valence-corrected chi connectivity index (χ0v) is 11.1. The molecule has 0 amide bonds. The fraction of sp³-hybridized carbons (Fsp3) is 0.286. The van der Waals surface area contributed by atoms with Crippen LogP contribution in [0.15, 0.2) is 24.3 Å². The minimum Gasteiger partial charge on any atom is -0.481 e. The molecule has 0 spiro atoms. The van der Waals surface area contributed by atoms with Crippen molar-refractivity contribution in [2.24, 2.45) is 0 Å². The van der Waals surface area contributed by atoms with Crippen molar-refractivity contribution in [2.75, 3.05) is 19.0 Å². The van der Waals surface area contributed by atoms with Gasteiger partial charge in [0.2, 0.25) is 11.8 Å². The van der Waals surface area contributed by atoms with E-state index in [4.69, 9.17) is 4.74 Å². The molecule has 2 N–H and O–H groups in total. The molecular formula is C14H15FN4O. The maximum absolute atomic E-state index is 12.9. The predicted molar refractivity (Wildman–Crippen MR) is 73.7 cm³/mol. The van der Waals surface area contributed by atoms with Gasteiger partial charge in [-0.15, -0.1) is 0 Å². The average Bonchev–Trinajstić information content (AvgIpc) is 2.49. The molecule has 2 aromatic rings. The normalized spacial score (nSPS) is 13.7. The Bertz CT molecular complexity index is 598. The lowest BCUT2D eigenvalue weighted by Crippen LogP contribution is -2.26. The van der Waals surface area contributed by atoms with Crippen LogP contribution in [0.5, 0.6) is 5.88 Å². The molecule has 1 aliphatic rings. The van der Waals surface area contributed by atoms with Gasteiger partial charge in [-0.25, -0.2) is 9.37 Å². The van der Waals surface area contributed by atoms with Crippen molar-refractivity contribution in [1.29, 1.82) is 0 Å². The van der Waals surface area contributed by atoms with Gasteiger partial charge in [-0.3, -0.25) is 0 Å². The first-order valence-electron chi connectivity index (χ1n) is 6.43. The maximum atomic E-state index is 12.9. The van der Waals surface area contributed by atoms with Crippen LogP contribution in [-0.2, 0) is 13.0 Å². The monoisotopic (exact) mass is 274 g/mol. The summed E-state index contributed by atoms with van der Waals surface area (Å²) in [6.07, 6.45) is 0.840. The smallest absolute Gasteiger partial charge is 0.230 e. The molecule has 0 aliphatic carbocycles. The van der Waals surface area contributed by atoms with Crippen LogP contribution in [0.1, 0.15) is 11.3 Å². The maximum Gasteiger partial charge on any atom is 0.230 e. The molecule has 1 aliphatic heterocycles. The van der Waals surface area contributed by atoms with Crippen LogP contribution in [0, 0.1) is 5.82 Å². The van der Waals surface area contributed by atoms with E-state index in [9.17, 15) is 4.39 Å². The van der Waals surface area contributed by atoms with Gasteiger partial charge in [-0.05, 0) is 24.3 Å². The SMILES string of the molecule is COc1nc(Nc2ccc(F)cc2)nc2c1CNCC2. The molecule has 0 atom stereocenters. The number of nitrogens with one attached hydrogen (secondary N) is 2. The Labute approximate surface area is 116 Å². The molecule has 20 heavy (non-hydrogen) atoms. The standard InChI is InChI=1S/C14H15FN4O/c1-20-13-11-8-16-7-6-12(11)18-14(19-13)17-10-4-2-9(15)3-5-10/h2-5,16H,6-8H2,1H3,(H,17,18,19). The van der Waals surface area contributed by atoms with Crippen LogP contribution >= 0.6 is 0 Å². The van der Waals surface area contributed by atoms with Gasteiger partial charge in [-0.2, -0.15) is 4.98 Å². The van der Waals surface area contributed by atoms with Crippen LogP contribution in [0.25, 0.3) is 0 Å². The molecule has 0 unspecified atom stereocenters. The molecule has 0 saturated heterocycles. The summed E-state index contributed by atoms with van der Waals surface area (Å²) in [5, 5.41) is 6.34. The molecule has 1 aromatic carbocycles. The summed E-state index contributed by atoms with van der Waals surface area (Å²) in [4.78, 5) is 8.85. The number of hydrogen-bond acceptors (Lipinski definition) is 5. The Balaban J connectivity index is 1.91. The van der Waals surface area contributed by atoms with Crippen LogP contribution in [0.2, 0.25) is 0 Å². The molecule has 6 heteroatoms. The summed E-state index contributed by atoms with van der Waals surface area (Å²) in [6, 6.07) is 6.07.